The van der Waals surface area contributed by atoms with Gasteiger partial charge in [-0.3, -0.25) is 9.09 Å². The first-order valence-electron chi connectivity index (χ1n) is 6.61. The minimum Gasteiger partial charge on any atom is -0.740 e. The molecule has 0 amide bonds. The molecule has 1 fully saturated rings. The number of nitrogen functional groups attached to an aromatic ring is 1. The lowest BCUT2D eigenvalue weighted by Crippen LogP contribution is -2.33. The Morgan fingerprint density at radius 3 is 2.79 bits per heavy atom. The molecule has 24 heavy (non-hydrogen) atoms. The Labute approximate surface area is 133 Å². The van der Waals surface area contributed by atoms with E-state index in [-0.39, 0.29) is 17.0 Å². The van der Waals surface area contributed by atoms with Gasteiger partial charge < -0.3 is 35.7 Å². The molecular weight excluding hydrogens is 349 g/mol. The van der Waals surface area contributed by atoms with Crippen LogP contribution < -0.4 is 10.5 Å². The molecule has 14 heteroatoms. The molecule has 13 nitrogen and oxygen atoms in total. The van der Waals surface area contributed by atoms with E-state index in [0.29, 0.717) is 4.73 Å². The summed E-state index contributed by atoms with van der Waals surface area (Å²) in [6.45, 7) is -0.637. The van der Waals surface area contributed by atoms with E-state index in [0.717, 1.165) is 6.33 Å². The van der Waals surface area contributed by atoms with E-state index in [1.807, 2.05) is 0 Å². The maximum atomic E-state index is 11.4. The predicted molar refractivity (Wildman–Crippen MR) is 74.8 cm³/mol. The zero-order valence-electron chi connectivity index (χ0n) is 11.9. The van der Waals surface area contributed by atoms with Crippen molar-refractivity contribution in [3.8, 4) is 0 Å². The quantitative estimate of drug-likeness (QED) is 0.216. The molecule has 6 N–H and O–H groups in total. The second-order valence-electron chi connectivity index (χ2n) is 5.11. The van der Waals surface area contributed by atoms with Gasteiger partial charge in [-0.1, -0.05) is 4.98 Å². The second-order valence-corrected chi connectivity index (χ2v) is 6.35. The smallest absolute Gasteiger partial charge is 0.469 e. The van der Waals surface area contributed by atoms with E-state index in [9.17, 15) is 20.0 Å². The van der Waals surface area contributed by atoms with E-state index >= 15 is 0 Å². The summed E-state index contributed by atoms with van der Waals surface area (Å²) < 4.78 is 22.0. The van der Waals surface area contributed by atoms with E-state index in [4.69, 9.17) is 20.3 Å². The molecule has 3 heterocycles. The lowest BCUT2D eigenvalue weighted by molar-refractivity contribution is -0.592. The lowest BCUT2D eigenvalue weighted by Gasteiger charge is -2.15. The van der Waals surface area contributed by atoms with Gasteiger partial charge in [0.2, 0.25) is 12.0 Å². The molecule has 4 atom stereocenters. The van der Waals surface area contributed by atoms with E-state index in [2.05, 4.69) is 14.5 Å². The fraction of sp³-hybridized carbons (Fsp3) is 0.500. The van der Waals surface area contributed by atoms with Gasteiger partial charge in [-0.15, -0.1) is 0 Å². The van der Waals surface area contributed by atoms with Gasteiger partial charge in [0.25, 0.3) is 5.82 Å². The molecule has 1 unspecified atom stereocenters. The van der Waals surface area contributed by atoms with Crippen molar-refractivity contribution < 1.29 is 38.6 Å². The highest BCUT2D eigenvalue weighted by Crippen LogP contribution is 2.38. The standard InChI is InChI=1S/C10H14N5O8P/c11-8-5-9(13-3-15(8)18)14(2-12-5)10-7(17)6(16)4(23-10)1-22-24(19,20)21/h2-4,6-7,10,16-17H,1,11H2,(H2,19,20,21)/t4-,6?,7-,10-/m1/s1. The van der Waals surface area contributed by atoms with Crippen molar-refractivity contribution in [2.24, 2.45) is 0 Å². The van der Waals surface area contributed by atoms with Crippen LogP contribution in [0.15, 0.2) is 12.7 Å². The van der Waals surface area contributed by atoms with Crippen molar-refractivity contribution in [2.45, 2.75) is 24.5 Å². The van der Waals surface area contributed by atoms with Crippen molar-refractivity contribution in [2.75, 3.05) is 12.3 Å². The van der Waals surface area contributed by atoms with Crippen LogP contribution in [0.25, 0.3) is 11.2 Å². The van der Waals surface area contributed by atoms with Crippen LogP contribution in [-0.2, 0) is 13.8 Å². The Bertz CT molecular complexity index is 808. The number of hydrogen-bond acceptors (Lipinski definition) is 9. The largest absolute Gasteiger partial charge is 0.740 e. The van der Waals surface area contributed by atoms with Crippen LogP contribution in [0.4, 0.5) is 5.82 Å². The predicted octanol–water partition coefficient (Wildman–Crippen LogP) is -2.62. The maximum Gasteiger partial charge on any atom is 0.469 e. The normalized spacial score (nSPS) is 27.8. The van der Waals surface area contributed by atoms with Crippen molar-refractivity contribution in [3.05, 3.63) is 17.9 Å². The maximum absolute atomic E-state index is 11.4. The third kappa shape index (κ3) is 2.93. The minimum absolute atomic E-state index is 0.0766. The zero-order chi connectivity index (χ0) is 17.6. The molecule has 1 saturated heterocycles. The number of fused-ring (bicyclic) bond motifs is 1. The number of phosphoric acid groups is 1. The van der Waals surface area contributed by atoms with Gasteiger partial charge in [-0.25, -0.2) is 14.3 Å². The highest BCUT2D eigenvalue weighted by Gasteiger charge is 2.45. The molecule has 132 valence electrons. The fourth-order valence-corrected chi connectivity index (χ4v) is 2.73. The van der Waals surface area contributed by atoms with Gasteiger partial charge in [0.15, 0.2) is 11.7 Å². The van der Waals surface area contributed by atoms with Gasteiger partial charge in [0, 0.05) is 0 Å². The van der Waals surface area contributed by atoms with Crippen LogP contribution in [0.5, 0.6) is 0 Å². The molecule has 0 radical (unpaired) electrons. The van der Waals surface area contributed by atoms with E-state index < -0.39 is 39.0 Å². The van der Waals surface area contributed by atoms with Crippen molar-refractivity contribution in [3.63, 3.8) is 0 Å². The summed E-state index contributed by atoms with van der Waals surface area (Å²) in [4.78, 5) is 25.2. The highest BCUT2D eigenvalue weighted by molar-refractivity contribution is 7.46. The van der Waals surface area contributed by atoms with Crippen LogP contribution >= 0.6 is 7.82 Å². The molecule has 1 aliphatic rings. The van der Waals surface area contributed by atoms with Crippen LogP contribution in [0, 0.1) is 5.21 Å². The summed E-state index contributed by atoms with van der Waals surface area (Å²) in [5, 5.41) is 31.4. The first-order chi connectivity index (χ1) is 11.2. The third-order valence-corrected chi connectivity index (χ3v) is 4.04. The van der Waals surface area contributed by atoms with E-state index in [1.165, 1.54) is 10.9 Å². The Hall–Kier alpha value is -1.86. The van der Waals surface area contributed by atoms with Gasteiger partial charge in [-0.05, 0) is 0 Å². The van der Waals surface area contributed by atoms with Crippen LogP contribution in [-0.4, -0.2) is 59.5 Å². The topological polar surface area (TPSA) is 200 Å². The number of hydrogen-bond donors (Lipinski definition) is 5. The molecule has 2 aromatic rings. The Balaban J connectivity index is 1.88. The molecule has 0 aliphatic carbocycles. The third-order valence-electron chi connectivity index (χ3n) is 3.55. The number of nitrogens with two attached hydrogens (primary N) is 1. The minimum atomic E-state index is -4.75. The Morgan fingerprint density at radius 1 is 1.42 bits per heavy atom. The van der Waals surface area contributed by atoms with Gasteiger partial charge in [-0.2, -0.15) is 0 Å². The van der Waals surface area contributed by atoms with Gasteiger partial charge in [0.05, 0.1) is 6.61 Å². The number of aliphatic hydroxyl groups excluding tert-OH is 2. The second kappa shape index (κ2) is 5.89. The number of nitrogens with zero attached hydrogens (tertiary/aromatic N) is 4. The van der Waals surface area contributed by atoms with Gasteiger partial charge in [0.1, 0.15) is 24.6 Å². The number of phosphoric ester groups is 1. The molecular formula is C10H14N5O8P. The highest BCUT2D eigenvalue weighted by atomic mass is 31.2. The first kappa shape index (κ1) is 17.0. The van der Waals surface area contributed by atoms with Crippen molar-refractivity contribution in [1.29, 1.82) is 0 Å². The summed E-state index contributed by atoms with van der Waals surface area (Å²) in [7, 11) is -4.75. The summed E-state index contributed by atoms with van der Waals surface area (Å²) in [5.74, 6) is -0.201. The molecule has 1 aliphatic heterocycles. The van der Waals surface area contributed by atoms with Crippen molar-refractivity contribution >= 4 is 24.8 Å². The summed E-state index contributed by atoms with van der Waals surface area (Å²) >= 11 is 0. The molecule has 3 rings (SSSR count). The van der Waals surface area contributed by atoms with Gasteiger partial charge >= 0.3 is 7.82 Å². The average molecular weight is 363 g/mol. The first-order valence-corrected chi connectivity index (χ1v) is 8.14. The Morgan fingerprint density at radius 2 is 2.12 bits per heavy atom. The van der Waals surface area contributed by atoms with Crippen LogP contribution in [0.1, 0.15) is 6.23 Å². The molecule has 0 spiro atoms. The number of aliphatic hydroxyl groups is 2. The molecule has 0 saturated carbocycles. The fourth-order valence-electron chi connectivity index (χ4n) is 2.39. The number of aromatic nitrogens is 4. The Kier molecular flexibility index (Phi) is 4.17. The lowest BCUT2D eigenvalue weighted by atomic mass is 10.1. The average Bonchev–Trinajstić information content (AvgIpc) is 3.04. The summed E-state index contributed by atoms with van der Waals surface area (Å²) in [5.41, 5.74) is 5.80. The number of rotatable bonds is 4. The SMILES string of the molecule is Nc1c2ncn([C@@H]3O[C@H](COP(=O)(O)O)C(O)[C@H]3O)c2nc[n+]1[O-]. The summed E-state index contributed by atoms with van der Waals surface area (Å²) in [6, 6.07) is 0. The van der Waals surface area contributed by atoms with E-state index in [1.54, 1.807) is 0 Å². The number of ether oxygens (including phenoxy) is 1. The number of anilines is 1. The molecule has 0 aromatic carbocycles. The monoisotopic (exact) mass is 363 g/mol. The van der Waals surface area contributed by atoms with Crippen molar-refractivity contribution in [1.82, 2.24) is 14.5 Å². The van der Waals surface area contributed by atoms with Crippen LogP contribution in [0.3, 0.4) is 0 Å². The summed E-state index contributed by atoms with van der Waals surface area (Å²) in [6.07, 6.45) is -3.16. The number of imidazole rings is 1. The molecule has 0 bridgehead atoms. The van der Waals surface area contributed by atoms with Crippen LogP contribution in [0.2, 0.25) is 0 Å². The molecule has 2 aromatic heterocycles. The zero-order valence-corrected chi connectivity index (χ0v) is 12.8.